The van der Waals surface area contributed by atoms with E-state index in [0.717, 1.165) is 10.7 Å². The molecule has 0 aromatic carbocycles. The Balaban J connectivity index is 1.96. The van der Waals surface area contributed by atoms with Crippen LogP contribution < -0.4 is 0 Å². The third kappa shape index (κ3) is 1.38. The molecular weight excluding hydrogens is 222 g/mol. The molecule has 0 aliphatic heterocycles. The summed E-state index contributed by atoms with van der Waals surface area (Å²) in [6, 6.07) is 2.04. The Morgan fingerprint density at radius 3 is 3.19 bits per heavy atom. The number of hydrogen-bond donors (Lipinski definition) is 0. The summed E-state index contributed by atoms with van der Waals surface area (Å²) in [6.07, 6.45) is 7.34. The van der Waals surface area contributed by atoms with Gasteiger partial charge in [-0.3, -0.25) is 4.40 Å². The van der Waals surface area contributed by atoms with E-state index in [4.69, 9.17) is 5.26 Å². The largest absolute Gasteiger partial charge is 0.317 e. The molecule has 6 heteroatoms. The molecule has 0 aliphatic carbocycles. The second-order valence-corrected chi connectivity index (χ2v) is 4.19. The van der Waals surface area contributed by atoms with E-state index >= 15 is 0 Å². The van der Waals surface area contributed by atoms with Gasteiger partial charge < -0.3 is 4.57 Å². The number of nitrogens with zero attached hydrogens (tertiary/aromatic N) is 5. The summed E-state index contributed by atoms with van der Waals surface area (Å²) in [5.74, 6) is 0.413. The molecule has 0 amide bonds. The molecule has 0 radical (unpaired) electrons. The Morgan fingerprint density at radius 2 is 2.38 bits per heavy atom. The van der Waals surface area contributed by atoms with Crippen LogP contribution >= 0.6 is 11.3 Å². The maximum absolute atomic E-state index is 8.83. The fraction of sp³-hybridized carbons (Fsp3) is 0.100. The summed E-state index contributed by atoms with van der Waals surface area (Å²) < 4.78 is 3.76. The molecule has 0 unspecified atom stereocenters. The highest BCUT2D eigenvalue weighted by atomic mass is 32.1. The molecule has 3 aromatic heterocycles. The van der Waals surface area contributed by atoms with Crippen molar-refractivity contribution in [1.82, 2.24) is 18.9 Å². The second kappa shape index (κ2) is 3.47. The van der Waals surface area contributed by atoms with Crippen LogP contribution in [0.4, 0.5) is 0 Å². The maximum atomic E-state index is 8.83. The van der Waals surface area contributed by atoms with Crippen LogP contribution in [0.25, 0.3) is 4.96 Å². The van der Waals surface area contributed by atoms with Gasteiger partial charge in [-0.15, -0.1) is 11.3 Å². The van der Waals surface area contributed by atoms with Gasteiger partial charge in [-0.25, -0.2) is 9.97 Å². The van der Waals surface area contributed by atoms with E-state index in [0.29, 0.717) is 12.4 Å². The van der Waals surface area contributed by atoms with E-state index in [1.165, 1.54) is 0 Å². The highest BCUT2D eigenvalue weighted by Gasteiger charge is 2.06. The van der Waals surface area contributed by atoms with Crippen LogP contribution in [0.15, 0.2) is 30.2 Å². The van der Waals surface area contributed by atoms with Gasteiger partial charge >= 0.3 is 0 Å². The molecule has 0 bridgehead atoms. The number of nitriles is 1. The number of hydrogen-bond acceptors (Lipinski definition) is 4. The van der Waals surface area contributed by atoms with Crippen LogP contribution in [-0.2, 0) is 6.54 Å². The van der Waals surface area contributed by atoms with Crippen molar-refractivity contribution in [2.75, 3.05) is 0 Å². The molecule has 3 heterocycles. The highest BCUT2D eigenvalue weighted by molar-refractivity contribution is 7.15. The Morgan fingerprint density at radius 1 is 1.44 bits per heavy atom. The molecule has 78 valence electrons. The Hall–Kier alpha value is -2.13. The van der Waals surface area contributed by atoms with Crippen molar-refractivity contribution < 1.29 is 0 Å². The minimum atomic E-state index is 0.413. The van der Waals surface area contributed by atoms with E-state index in [1.54, 1.807) is 28.3 Å². The number of thiazole rings is 1. The van der Waals surface area contributed by atoms with Crippen LogP contribution in [0, 0.1) is 11.3 Å². The predicted octanol–water partition coefficient (Wildman–Crippen LogP) is 1.51. The lowest BCUT2D eigenvalue weighted by Gasteiger charge is -1.98. The minimum Gasteiger partial charge on any atom is -0.317 e. The fourth-order valence-corrected chi connectivity index (χ4v) is 2.30. The molecule has 16 heavy (non-hydrogen) atoms. The first kappa shape index (κ1) is 9.12. The highest BCUT2D eigenvalue weighted by Crippen LogP contribution is 2.12. The van der Waals surface area contributed by atoms with Crippen molar-refractivity contribution in [3.63, 3.8) is 0 Å². The van der Waals surface area contributed by atoms with Gasteiger partial charge in [-0.05, 0) is 0 Å². The summed E-state index contributed by atoms with van der Waals surface area (Å²) in [7, 11) is 0. The normalized spacial score (nSPS) is 10.7. The van der Waals surface area contributed by atoms with Crippen LogP contribution in [-0.4, -0.2) is 18.9 Å². The van der Waals surface area contributed by atoms with Crippen molar-refractivity contribution >= 4 is 16.3 Å². The zero-order valence-electron chi connectivity index (χ0n) is 8.24. The summed E-state index contributed by atoms with van der Waals surface area (Å²) in [5.41, 5.74) is 0.932. The fourth-order valence-electron chi connectivity index (χ4n) is 1.58. The Bertz CT molecular complexity index is 640. The van der Waals surface area contributed by atoms with Crippen LogP contribution in [0.2, 0.25) is 0 Å². The molecule has 3 rings (SSSR count). The van der Waals surface area contributed by atoms with Gasteiger partial charge in [0.15, 0.2) is 4.96 Å². The summed E-state index contributed by atoms with van der Waals surface area (Å²) in [6.45, 7) is 0.581. The lowest BCUT2D eigenvalue weighted by molar-refractivity contribution is 0.765. The smallest absolute Gasteiger partial charge is 0.213 e. The number of rotatable bonds is 2. The first-order valence-corrected chi connectivity index (χ1v) is 5.57. The predicted molar refractivity (Wildman–Crippen MR) is 59.1 cm³/mol. The lowest BCUT2D eigenvalue weighted by Crippen LogP contribution is -2.01. The number of fused-ring (bicyclic) bond motifs is 1. The van der Waals surface area contributed by atoms with E-state index in [-0.39, 0.29) is 0 Å². The zero-order valence-corrected chi connectivity index (χ0v) is 9.05. The van der Waals surface area contributed by atoms with Gasteiger partial charge in [-0.2, -0.15) is 5.26 Å². The molecule has 0 N–H and O–H groups in total. The van der Waals surface area contributed by atoms with Crippen LogP contribution in [0.1, 0.15) is 11.5 Å². The van der Waals surface area contributed by atoms with Crippen molar-refractivity contribution in [2.24, 2.45) is 0 Å². The molecule has 3 aromatic rings. The summed E-state index contributed by atoms with van der Waals surface area (Å²) in [4.78, 5) is 9.36. The molecule has 0 fully saturated rings. The molecule has 5 nitrogen and oxygen atoms in total. The summed E-state index contributed by atoms with van der Waals surface area (Å²) >= 11 is 1.59. The first-order valence-electron chi connectivity index (χ1n) is 4.69. The van der Waals surface area contributed by atoms with Gasteiger partial charge in [0.1, 0.15) is 6.07 Å². The first-order chi connectivity index (χ1) is 7.86. The second-order valence-electron chi connectivity index (χ2n) is 3.32. The van der Waals surface area contributed by atoms with Gasteiger partial charge in [0.2, 0.25) is 5.82 Å². The molecule has 0 saturated heterocycles. The van der Waals surface area contributed by atoms with E-state index in [1.807, 2.05) is 28.2 Å². The maximum Gasteiger partial charge on any atom is 0.213 e. The molecule has 0 saturated carbocycles. The Labute approximate surface area is 95.2 Å². The standard InChI is InChI=1S/C10H7N5S/c11-5-9-12-1-2-14(9)6-8-7-15-3-4-16-10(15)13-8/h1-4,7H,6H2. The molecular formula is C10H7N5S. The monoisotopic (exact) mass is 229 g/mol. The average Bonchev–Trinajstić information content (AvgIpc) is 2.92. The lowest BCUT2D eigenvalue weighted by atomic mass is 10.4. The molecule has 0 atom stereocenters. The van der Waals surface area contributed by atoms with Gasteiger partial charge in [0, 0.05) is 30.2 Å². The van der Waals surface area contributed by atoms with Crippen molar-refractivity contribution in [3.8, 4) is 6.07 Å². The van der Waals surface area contributed by atoms with E-state index in [2.05, 4.69) is 9.97 Å². The van der Waals surface area contributed by atoms with Crippen molar-refractivity contribution in [1.29, 1.82) is 5.26 Å². The van der Waals surface area contributed by atoms with Crippen LogP contribution in [0.3, 0.4) is 0 Å². The van der Waals surface area contributed by atoms with Gasteiger partial charge in [-0.1, -0.05) is 0 Å². The SMILES string of the molecule is N#Cc1nccn1Cc1cn2ccsc2n1. The number of aromatic nitrogens is 4. The van der Waals surface area contributed by atoms with Gasteiger partial charge in [0.05, 0.1) is 12.2 Å². The molecule has 0 spiro atoms. The van der Waals surface area contributed by atoms with Crippen LogP contribution in [0.5, 0.6) is 0 Å². The molecule has 0 aliphatic rings. The van der Waals surface area contributed by atoms with Gasteiger partial charge in [0.25, 0.3) is 0 Å². The zero-order chi connectivity index (χ0) is 11.0. The summed E-state index contributed by atoms with van der Waals surface area (Å²) in [5, 5.41) is 10.8. The Kier molecular flexibility index (Phi) is 1.98. The van der Waals surface area contributed by atoms with E-state index < -0.39 is 0 Å². The van der Waals surface area contributed by atoms with Crippen molar-refractivity contribution in [3.05, 3.63) is 41.7 Å². The minimum absolute atomic E-state index is 0.413. The van der Waals surface area contributed by atoms with E-state index in [9.17, 15) is 0 Å². The van der Waals surface area contributed by atoms with Crippen molar-refractivity contribution in [2.45, 2.75) is 6.54 Å². The number of imidazole rings is 2. The third-order valence-corrected chi connectivity index (χ3v) is 3.06. The topological polar surface area (TPSA) is 58.9 Å². The average molecular weight is 229 g/mol. The quantitative estimate of drug-likeness (QED) is 0.669. The third-order valence-electron chi connectivity index (χ3n) is 2.29.